The fourth-order valence-electron chi connectivity index (χ4n) is 5.22. The number of nitrogen functional groups attached to an aromatic ring is 2. The number of fused-ring (bicyclic) bond motifs is 2. The highest BCUT2D eigenvalue weighted by Gasteiger charge is 2.26. The number of carboxylic acids is 2. The number of benzene rings is 5. The predicted molar refractivity (Wildman–Crippen MR) is 145 cm³/mol. The van der Waals surface area contributed by atoms with Crippen molar-refractivity contribution in [2.75, 3.05) is 11.5 Å². The molecule has 6 N–H and O–H groups in total. The molecule has 0 spiro atoms. The highest BCUT2D eigenvalue weighted by molar-refractivity contribution is 6.26. The lowest BCUT2D eigenvalue weighted by atomic mass is 9.80. The minimum absolute atomic E-state index is 0.0977. The molecule has 0 aliphatic heterocycles. The second kappa shape index (κ2) is 8.43. The zero-order valence-electron chi connectivity index (χ0n) is 19.8. The number of anilines is 2. The molecular weight excluding hydrogens is 452 g/mol. The third-order valence-electron chi connectivity index (χ3n) is 6.74. The number of hydrogen-bond donors (Lipinski definition) is 4. The van der Waals surface area contributed by atoms with E-state index >= 15 is 0 Å². The molecule has 0 fully saturated rings. The van der Waals surface area contributed by atoms with Crippen LogP contribution in [-0.2, 0) is 0 Å². The number of carboxylic acid groups (broad SMARTS) is 2. The smallest absolute Gasteiger partial charge is 0.336 e. The van der Waals surface area contributed by atoms with E-state index in [1.807, 2.05) is 50.2 Å². The molecule has 0 amide bonds. The largest absolute Gasteiger partial charge is 0.478 e. The van der Waals surface area contributed by atoms with Crippen molar-refractivity contribution < 1.29 is 19.8 Å². The Bertz CT molecular complexity index is 1610. The van der Waals surface area contributed by atoms with Crippen LogP contribution in [0.25, 0.3) is 43.8 Å². The highest BCUT2D eigenvalue weighted by atomic mass is 16.4. The van der Waals surface area contributed by atoms with Crippen molar-refractivity contribution in [3.8, 4) is 22.3 Å². The Hall–Kier alpha value is -4.84. The topological polar surface area (TPSA) is 127 Å². The normalized spacial score (nSPS) is 11.2. The quantitative estimate of drug-likeness (QED) is 0.173. The van der Waals surface area contributed by atoms with E-state index in [1.165, 1.54) is 0 Å². The van der Waals surface area contributed by atoms with E-state index in [1.54, 1.807) is 36.4 Å². The van der Waals surface area contributed by atoms with E-state index in [9.17, 15) is 19.8 Å². The lowest BCUT2D eigenvalue weighted by molar-refractivity contribution is 0.0687. The van der Waals surface area contributed by atoms with Crippen LogP contribution < -0.4 is 11.5 Å². The van der Waals surface area contributed by atoms with Gasteiger partial charge in [0.15, 0.2) is 0 Å². The molecule has 0 aliphatic carbocycles. The molecule has 6 nitrogen and oxygen atoms in total. The van der Waals surface area contributed by atoms with E-state index in [-0.39, 0.29) is 11.1 Å². The van der Waals surface area contributed by atoms with E-state index < -0.39 is 11.9 Å². The maximum atomic E-state index is 12.3. The molecule has 178 valence electrons. The summed E-state index contributed by atoms with van der Waals surface area (Å²) in [5.41, 5.74) is 17.9. The van der Waals surface area contributed by atoms with E-state index in [0.717, 1.165) is 32.7 Å². The SMILES string of the molecule is Cc1ccc(C)c2c(-c3c(N)cccc3C(=O)O)c3ccccc3c(-c3c(N)cccc3C(=O)O)c12. The van der Waals surface area contributed by atoms with Crippen LogP contribution >= 0.6 is 0 Å². The molecule has 0 saturated heterocycles. The molecule has 5 aromatic rings. The van der Waals surface area contributed by atoms with Crippen molar-refractivity contribution >= 4 is 44.9 Å². The number of nitrogens with two attached hydrogens (primary N) is 2. The maximum Gasteiger partial charge on any atom is 0.336 e. The van der Waals surface area contributed by atoms with Crippen LogP contribution in [0.2, 0.25) is 0 Å². The van der Waals surface area contributed by atoms with Crippen LogP contribution in [-0.4, -0.2) is 22.2 Å². The fourth-order valence-corrected chi connectivity index (χ4v) is 5.22. The van der Waals surface area contributed by atoms with Gasteiger partial charge in [0, 0.05) is 33.6 Å². The van der Waals surface area contributed by atoms with E-state index in [2.05, 4.69) is 0 Å². The Morgan fingerprint density at radius 1 is 0.556 bits per heavy atom. The molecule has 5 rings (SSSR count). The van der Waals surface area contributed by atoms with Crippen LogP contribution in [0.3, 0.4) is 0 Å². The third-order valence-corrected chi connectivity index (χ3v) is 6.74. The first-order valence-electron chi connectivity index (χ1n) is 11.4. The molecule has 0 aromatic heterocycles. The van der Waals surface area contributed by atoms with Crippen LogP contribution in [0.5, 0.6) is 0 Å². The van der Waals surface area contributed by atoms with Gasteiger partial charge in [0.1, 0.15) is 0 Å². The summed E-state index contributed by atoms with van der Waals surface area (Å²) >= 11 is 0. The van der Waals surface area contributed by atoms with Crippen molar-refractivity contribution in [3.63, 3.8) is 0 Å². The zero-order chi connectivity index (χ0) is 25.7. The van der Waals surface area contributed by atoms with Crippen LogP contribution in [0.4, 0.5) is 11.4 Å². The minimum atomic E-state index is -1.08. The second-order valence-electron chi connectivity index (χ2n) is 8.89. The van der Waals surface area contributed by atoms with Crippen molar-refractivity contribution in [2.45, 2.75) is 13.8 Å². The number of rotatable bonds is 4. The lowest BCUT2D eigenvalue weighted by Crippen LogP contribution is -2.06. The standard InChI is InChI=1S/C30H24N2O4/c1-15-13-14-16(2)24-23(15)27(25-19(29(33)34)9-5-11-21(25)31)17-7-3-4-8-18(17)28(24)26-20(30(35)36)10-6-12-22(26)32/h3-14H,31-32H2,1-2H3,(H,33,34)(H,35,36). The first kappa shape index (κ1) is 22.9. The number of aromatic carboxylic acids is 2. The predicted octanol–water partition coefficient (Wildman–Crippen LogP) is 6.50. The molecule has 0 atom stereocenters. The van der Waals surface area contributed by atoms with Gasteiger partial charge < -0.3 is 21.7 Å². The average molecular weight is 477 g/mol. The van der Waals surface area contributed by atoms with Crippen molar-refractivity contribution in [1.82, 2.24) is 0 Å². The fraction of sp³-hybridized carbons (Fsp3) is 0.0667. The molecule has 0 bridgehead atoms. The van der Waals surface area contributed by atoms with Crippen molar-refractivity contribution in [1.29, 1.82) is 0 Å². The summed E-state index contributed by atoms with van der Waals surface area (Å²) in [5.74, 6) is -2.16. The summed E-state index contributed by atoms with van der Waals surface area (Å²) in [6.07, 6.45) is 0. The van der Waals surface area contributed by atoms with Gasteiger partial charge in [0.2, 0.25) is 0 Å². The van der Waals surface area contributed by atoms with Crippen LogP contribution in [0.1, 0.15) is 31.8 Å². The Kier molecular flexibility index (Phi) is 5.37. The summed E-state index contributed by atoms with van der Waals surface area (Å²) in [6, 6.07) is 21.3. The van der Waals surface area contributed by atoms with Gasteiger partial charge in [-0.25, -0.2) is 9.59 Å². The third kappa shape index (κ3) is 3.34. The molecule has 5 aromatic carbocycles. The van der Waals surface area contributed by atoms with Gasteiger partial charge in [-0.3, -0.25) is 0 Å². The van der Waals surface area contributed by atoms with Gasteiger partial charge in [0.05, 0.1) is 11.1 Å². The summed E-state index contributed by atoms with van der Waals surface area (Å²) in [7, 11) is 0. The molecule has 0 saturated carbocycles. The molecule has 0 radical (unpaired) electrons. The number of hydrogen-bond acceptors (Lipinski definition) is 4. The Labute approximate surface area is 207 Å². The van der Waals surface area contributed by atoms with E-state index in [4.69, 9.17) is 11.5 Å². The maximum absolute atomic E-state index is 12.3. The number of carbonyl (C=O) groups is 2. The summed E-state index contributed by atoms with van der Waals surface area (Å²) in [6.45, 7) is 3.91. The Morgan fingerprint density at radius 3 is 1.31 bits per heavy atom. The second-order valence-corrected chi connectivity index (χ2v) is 8.89. The number of aryl methyl sites for hydroxylation is 2. The molecule has 36 heavy (non-hydrogen) atoms. The summed E-state index contributed by atoms with van der Waals surface area (Å²) < 4.78 is 0. The molecule has 0 heterocycles. The first-order valence-corrected chi connectivity index (χ1v) is 11.4. The van der Waals surface area contributed by atoms with Crippen LogP contribution in [0, 0.1) is 13.8 Å². The van der Waals surface area contributed by atoms with Gasteiger partial charge in [-0.2, -0.15) is 0 Å². The van der Waals surface area contributed by atoms with Gasteiger partial charge in [0.25, 0.3) is 0 Å². The summed E-state index contributed by atoms with van der Waals surface area (Å²) in [4.78, 5) is 24.6. The van der Waals surface area contributed by atoms with Gasteiger partial charge in [-0.15, -0.1) is 0 Å². The minimum Gasteiger partial charge on any atom is -0.478 e. The monoisotopic (exact) mass is 476 g/mol. The highest BCUT2D eigenvalue weighted by Crippen LogP contribution is 2.49. The van der Waals surface area contributed by atoms with Gasteiger partial charge >= 0.3 is 11.9 Å². The first-order chi connectivity index (χ1) is 17.2. The Balaban J connectivity index is 2.14. The van der Waals surface area contributed by atoms with Crippen LogP contribution in [0.15, 0.2) is 72.8 Å². The Morgan fingerprint density at radius 2 is 0.944 bits per heavy atom. The molecule has 0 aliphatic rings. The molecular formula is C30H24N2O4. The summed E-state index contributed by atoms with van der Waals surface area (Å²) in [5, 5.41) is 23.2. The average Bonchev–Trinajstić information content (AvgIpc) is 2.85. The van der Waals surface area contributed by atoms with E-state index in [0.29, 0.717) is 33.6 Å². The lowest BCUT2D eigenvalue weighted by Gasteiger charge is -2.23. The molecule has 0 unspecified atom stereocenters. The van der Waals surface area contributed by atoms with Gasteiger partial charge in [-0.05, 0) is 70.8 Å². The van der Waals surface area contributed by atoms with Gasteiger partial charge in [-0.1, -0.05) is 48.5 Å². The van der Waals surface area contributed by atoms with Crippen molar-refractivity contribution in [3.05, 3.63) is 95.1 Å². The molecule has 6 heteroatoms. The zero-order valence-corrected chi connectivity index (χ0v) is 19.8. The van der Waals surface area contributed by atoms with Crippen molar-refractivity contribution in [2.24, 2.45) is 0 Å².